The molecule has 1 unspecified atom stereocenters. The predicted octanol–water partition coefficient (Wildman–Crippen LogP) is 2.16. The van der Waals surface area contributed by atoms with Gasteiger partial charge in [-0.15, -0.1) is 0 Å². The van der Waals surface area contributed by atoms with Gasteiger partial charge in [-0.3, -0.25) is 0 Å². The molecule has 24 heavy (non-hydrogen) atoms. The third kappa shape index (κ3) is 4.17. The molecule has 1 aromatic carbocycles. The molecule has 1 atom stereocenters. The maximum Gasteiger partial charge on any atom is 0.317 e. The summed E-state index contributed by atoms with van der Waals surface area (Å²) in [6, 6.07) is 4.49. The first-order valence-electron chi connectivity index (χ1n) is 8.83. The van der Waals surface area contributed by atoms with Crippen molar-refractivity contribution in [2.45, 2.75) is 32.2 Å². The smallest absolute Gasteiger partial charge is 0.317 e. The van der Waals surface area contributed by atoms with E-state index >= 15 is 0 Å². The minimum atomic E-state index is -0.295. The topological polar surface area (TPSA) is 53.6 Å². The third-order valence-electron chi connectivity index (χ3n) is 4.85. The Kier molecular flexibility index (Phi) is 5.56. The van der Waals surface area contributed by atoms with Crippen molar-refractivity contribution in [2.75, 3.05) is 32.8 Å². The summed E-state index contributed by atoms with van der Waals surface area (Å²) in [6.07, 6.45) is 2.77. The number of hydrogen-bond acceptors (Lipinski definition) is 3. The molecular weight excluding hydrogens is 309 g/mol. The number of ether oxygens (including phenoxy) is 1. The molecule has 2 aliphatic rings. The quantitative estimate of drug-likeness (QED) is 0.887. The van der Waals surface area contributed by atoms with Crippen LogP contribution in [0.25, 0.3) is 0 Å². The Hall–Kier alpha value is -1.82. The zero-order valence-electron chi connectivity index (χ0n) is 14.2. The van der Waals surface area contributed by atoms with E-state index in [0.29, 0.717) is 24.7 Å². The first-order chi connectivity index (χ1) is 11.7. The molecule has 1 saturated heterocycles. The van der Waals surface area contributed by atoms with Crippen molar-refractivity contribution in [1.82, 2.24) is 15.5 Å². The molecule has 0 bridgehead atoms. The summed E-state index contributed by atoms with van der Waals surface area (Å²) in [5.74, 6) is 0.954. The summed E-state index contributed by atoms with van der Waals surface area (Å²) in [5.41, 5.74) is 0.942. The van der Waals surface area contributed by atoms with Crippen LogP contribution in [0.5, 0.6) is 5.75 Å². The van der Waals surface area contributed by atoms with Gasteiger partial charge in [-0.25, -0.2) is 9.18 Å². The fourth-order valence-corrected chi connectivity index (χ4v) is 3.39. The van der Waals surface area contributed by atoms with Crippen LogP contribution < -0.4 is 15.4 Å². The second-order valence-electron chi connectivity index (χ2n) is 6.65. The van der Waals surface area contributed by atoms with E-state index in [1.165, 1.54) is 12.1 Å². The van der Waals surface area contributed by atoms with Crippen LogP contribution in [0.4, 0.5) is 9.18 Å². The molecule has 0 spiro atoms. The van der Waals surface area contributed by atoms with Crippen molar-refractivity contribution < 1.29 is 13.9 Å². The van der Waals surface area contributed by atoms with Gasteiger partial charge in [0.1, 0.15) is 18.2 Å². The fraction of sp³-hybridized carbons (Fsp3) is 0.611. The highest BCUT2D eigenvalue weighted by molar-refractivity contribution is 5.74. The molecule has 5 nitrogen and oxygen atoms in total. The first-order valence-corrected chi connectivity index (χ1v) is 8.83. The lowest BCUT2D eigenvalue weighted by Crippen LogP contribution is -2.51. The average Bonchev–Trinajstić information content (AvgIpc) is 2.60. The molecule has 1 aromatic rings. The molecule has 6 heteroatoms. The van der Waals surface area contributed by atoms with Crippen molar-refractivity contribution in [1.29, 1.82) is 0 Å². The van der Waals surface area contributed by atoms with E-state index in [-0.39, 0.29) is 17.9 Å². The summed E-state index contributed by atoms with van der Waals surface area (Å²) in [4.78, 5) is 14.3. The lowest BCUT2D eigenvalue weighted by molar-refractivity contribution is 0.158. The molecule has 3 rings (SSSR count). The number of nitrogens with zero attached hydrogens (tertiary/aromatic N) is 1. The van der Waals surface area contributed by atoms with Crippen molar-refractivity contribution in [3.8, 4) is 5.75 Å². The molecule has 2 N–H and O–H groups in total. The summed E-state index contributed by atoms with van der Waals surface area (Å²) >= 11 is 0. The number of carbonyl (C=O) groups excluding carboxylic acids is 1. The molecule has 2 amide bonds. The number of hydrogen-bond donors (Lipinski definition) is 2. The standard InChI is InChI=1S/C18H26FN3O2/c1-2-20-11-13-5-7-22(8-6-13)18(23)21-16-9-14-3-4-15(19)10-17(14)24-12-16/h3-4,10,13,16,20H,2,5-9,11-12H2,1H3,(H,21,23). The Morgan fingerprint density at radius 1 is 1.38 bits per heavy atom. The molecule has 0 aliphatic carbocycles. The SMILES string of the molecule is CCNCC1CCN(C(=O)NC2COc3cc(F)ccc3C2)CC1. The lowest BCUT2D eigenvalue weighted by atomic mass is 9.97. The number of fused-ring (bicyclic) bond motifs is 1. The number of benzene rings is 1. The largest absolute Gasteiger partial charge is 0.491 e. The van der Waals surface area contributed by atoms with Crippen molar-refractivity contribution in [3.05, 3.63) is 29.6 Å². The number of amides is 2. The predicted molar refractivity (Wildman–Crippen MR) is 90.8 cm³/mol. The number of carbonyl (C=O) groups is 1. The highest BCUT2D eigenvalue weighted by Gasteiger charge is 2.26. The monoisotopic (exact) mass is 335 g/mol. The number of urea groups is 1. The Morgan fingerprint density at radius 2 is 2.17 bits per heavy atom. The van der Waals surface area contributed by atoms with Gasteiger partial charge in [0.15, 0.2) is 0 Å². The average molecular weight is 335 g/mol. The lowest BCUT2D eigenvalue weighted by Gasteiger charge is -2.34. The summed E-state index contributed by atoms with van der Waals surface area (Å²) in [6.45, 7) is 6.14. The zero-order valence-corrected chi connectivity index (χ0v) is 14.2. The van der Waals surface area contributed by atoms with E-state index in [4.69, 9.17) is 4.74 Å². The van der Waals surface area contributed by atoms with Crippen LogP contribution in [0.15, 0.2) is 18.2 Å². The molecule has 2 aliphatic heterocycles. The first kappa shape index (κ1) is 17.0. The van der Waals surface area contributed by atoms with E-state index in [1.54, 1.807) is 6.07 Å². The van der Waals surface area contributed by atoms with Gasteiger partial charge in [0, 0.05) is 19.2 Å². The zero-order chi connectivity index (χ0) is 16.9. The van der Waals surface area contributed by atoms with E-state index in [9.17, 15) is 9.18 Å². The summed E-state index contributed by atoms with van der Waals surface area (Å²) in [7, 11) is 0. The normalized spacial score (nSPS) is 21.1. The Balaban J connectivity index is 1.47. The van der Waals surface area contributed by atoms with E-state index in [1.807, 2.05) is 4.90 Å². The van der Waals surface area contributed by atoms with Crippen LogP contribution in [-0.2, 0) is 6.42 Å². The minimum Gasteiger partial charge on any atom is -0.491 e. The van der Waals surface area contributed by atoms with Gasteiger partial charge in [-0.1, -0.05) is 13.0 Å². The van der Waals surface area contributed by atoms with Crippen LogP contribution >= 0.6 is 0 Å². The summed E-state index contributed by atoms with van der Waals surface area (Å²) < 4.78 is 18.8. The number of nitrogens with one attached hydrogen (secondary N) is 2. The van der Waals surface area contributed by atoms with Crippen LogP contribution in [-0.4, -0.2) is 49.8 Å². The van der Waals surface area contributed by atoms with Gasteiger partial charge < -0.3 is 20.3 Å². The Bertz CT molecular complexity index is 573. The maximum absolute atomic E-state index is 13.2. The van der Waals surface area contributed by atoms with Gasteiger partial charge >= 0.3 is 6.03 Å². The number of piperidine rings is 1. The van der Waals surface area contributed by atoms with Gasteiger partial charge in [-0.2, -0.15) is 0 Å². The van der Waals surface area contributed by atoms with Crippen LogP contribution in [0.1, 0.15) is 25.3 Å². The van der Waals surface area contributed by atoms with E-state index in [2.05, 4.69) is 17.6 Å². The number of likely N-dealkylation sites (tertiary alicyclic amines) is 1. The van der Waals surface area contributed by atoms with Crippen LogP contribution in [0.2, 0.25) is 0 Å². The molecule has 2 heterocycles. The number of rotatable bonds is 4. The minimum absolute atomic E-state index is 0.0175. The molecule has 0 radical (unpaired) electrons. The van der Waals surface area contributed by atoms with Gasteiger partial charge in [0.25, 0.3) is 0 Å². The van der Waals surface area contributed by atoms with Crippen LogP contribution in [0, 0.1) is 11.7 Å². The third-order valence-corrected chi connectivity index (χ3v) is 4.85. The second-order valence-corrected chi connectivity index (χ2v) is 6.65. The summed E-state index contributed by atoms with van der Waals surface area (Å²) in [5, 5.41) is 6.43. The van der Waals surface area contributed by atoms with Gasteiger partial charge in [0.05, 0.1) is 6.04 Å². The molecule has 0 aromatic heterocycles. The Morgan fingerprint density at radius 3 is 2.92 bits per heavy atom. The van der Waals surface area contributed by atoms with Crippen molar-refractivity contribution >= 4 is 6.03 Å². The molecule has 0 saturated carbocycles. The van der Waals surface area contributed by atoms with Gasteiger partial charge in [0.2, 0.25) is 0 Å². The number of halogens is 1. The molecule has 1 fully saturated rings. The second kappa shape index (κ2) is 7.83. The van der Waals surface area contributed by atoms with Crippen LogP contribution in [0.3, 0.4) is 0 Å². The molecule has 132 valence electrons. The maximum atomic E-state index is 13.2. The Labute approximate surface area is 142 Å². The van der Waals surface area contributed by atoms with Gasteiger partial charge in [-0.05, 0) is 49.9 Å². The highest BCUT2D eigenvalue weighted by Crippen LogP contribution is 2.25. The molecular formula is C18H26FN3O2. The fourth-order valence-electron chi connectivity index (χ4n) is 3.39. The van der Waals surface area contributed by atoms with E-state index in [0.717, 1.165) is 44.6 Å². The highest BCUT2D eigenvalue weighted by atomic mass is 19.1. The van der Waals surface area contributed by atoms with Crippen molar-refractivity contribution in [2.24, 2.45) is 5.92 Å². The van der Waals surface area contributed by atoms with E-state index < -0.39 is 0 Å². The van der Waals surface area contributed by atoms with Crippen molar-refractivity contribution in [3.63, 3.8) is 0 Å².